The fourth-order valence-corrected chi connectivity index (χ4v) is 9.36. The largest absolute Gasteiger partial charge is 0.455 e. The molecule has 0 amide bonds. The van der Waals surface area contributed by atoms with E-state index in [2.05, 4.69) is 121 Å². The van der Waals surface area contributed by atoms with Crippen LogP contribution >= 0.6 is 0 Å². The summed E-state index contributed by atoms with van der Waals surface area (Å²) in [6.07, 6.45) is 0. The second-order valence-electron chi connectivity index (χ2n) is 14.7. The van der Waals surface area contributed by atoms with E-state index in [-0.39, 0.29) is 0 Å². The van der Waals surface area contributed by atoms with Gasteiger partial charge in [-0.1, -0.05) is 170 Å². The van der Waals surface area contributed by atoms with E-state index >= 15 is 0 Å². The second kappa shape index (κ2) is 11.8. The van der Waals surface area contributed by atoms with E-state index in [4.69, 9.17) is 19.4 Å². The molecule has 4 nitrogen and oxygen atoms in total. The Morgan fingerprint density at radius 2 is 0.893 bits per heavy atom. The summed E-state index contributed by atoms with van der Waals surface area (Å²) in [7, 11) is 0. The van der Waals surface area contributed by atoms with Crippen LogP contribution in [0.3, 0.4) is 0 Å². The average Bonchev–Trinajstić information content (AvgIpc) is 3.91. The van der Waals surface area contributed by atoms with Gasteiger partial charge in [-0.2, -0.15) is 0 Å². The molecular formula is C52H31N3O. The molecule has 0 atom stereocenters. The first kappa shape index (κ1) is 31.0. The molecule has 8 aromatic carbocycles. The van der Waals surface area contributed by atoms with Crippen LogP contribution in [0.5, 0.6) is 0 Å². The van der Waals surface area contributed by atoms with Crippen molar-refractivity contribution in [3.05, 3.63) is 210 Å². The maximum atomic E-state index is 6.77. The molecule has 12 rings (SSSR count). The van der Waals surface area contributed by atoms with E-state index in [1.807, 2.05) is 66.7 Å². The third kappa shape index (κ3) is 4.32. The van der Waals surface area contributed by atoms with Gasteiger partial charge in [0.1, 0.15) is 11.2 Å². The highest BCUT2D eigenvalue weighted by Gasteiger charge is 2.52. The molecule has 0 saturated heterocycles. The Labute approximate surface area is 323 Å². The number of fused-ring (bicyclic) bond motifs is 14. The van der Waals surface area contributed by atoms with E-state index in [0.29, 0.717) is 17.5 Å². The van der Waals surface area contributed by atoms with Gasteiger partial charge < -0.3 is 4.42 Å². The Bertz CT molecular complexity index is 3100. The third-order valence-electron chi connectivity index (χ3n) is 11.7. The van der Waals surface area contributed by atoms with E-state index < -0.39 is 5.41 Å². The minimum Gasteiger partial charge on any atom is -0.455 e. The van der Waals surface area contributed by atoms with Crippen LogP contribution in [-0.4, -0.2) is 15.0 Å². The Morgan fingerprint density at radius 3 is 1.59 bits per heavy atom. The smallest absolute Gasteiger partial charge is 0.164 e. The maximum absolute atomic E-state index is 6.77. The van der Waals surface area contributed by atoms with Crippen molar-refractivity contribution in [1.29, 1.82) is 0 Å². The molecule has 4 heteroatoms. The monoisotopic (exact) mass is 713 g/mol. The molecular weight excluding hydrogens is 683 g/mol. The Kier molecular flexibility index (Phi) is 6.52. The third-order valence-corrected chi connectivity index (χ3v) is 11.7. The van der Waals surface area contributed by atoms with Crippen LogP contribution in [-0.2, 0) is 5.41 Å². The van der Waals surface area contributed by atoms with Crippen molar-refractivity contribution in [2.75, 3.05) is 0 Å². The number of furan rings is 1. The van der Waals surface area contributed by atoms with E-state index in [1.165, 1.54) is 44.5 Å². The predicted octanol–water partition coefficient (Wildman–Crippen LogP) is 12.8. The van der Waals surface area contributed by atoms with Gasteiger partial charge in [-0.25, -0.2) is 15.0 Å². The predicted molar refractivity (Wildman–Crippen MR) is 225 cm³/mol. The van der Waals surface area contributed by atoms with Crippen molar-refractivity contribution in [2.45, 2.75) is 5.41 Å². The van der Waals surface area contributed by atoms with Gasteiger partial charge in [0.15, 0.2) is 17.5 Å². The molecule has 0 N–H and O–H groups in total. The molecule has 2 aliphatic carbocycles. The molecule has 56 heavy (non-hydrogen) atoms. The summed E-state index contributed by atoms with van der Waals surface area (Å²) >= 11 is 0. The van der Waals surface area contributed by atoms with Gasteiger partial charge in [0, 0.05) is 33.0 Å². The lowest BCUT2D eigenvalue weighted by Crippen LogP contribution is -2.25. The van der Waals surface area contributed by atoms with Crippen LogP contribution in [0.25, 0.3) is 89.5 Å². The van der Waals surface area contributed by atoms with Crippen molar-refractivity contribution in [1.82, 2.24) is 15.0 Å². The molecule has 0 bridgehead atoms. The maximum Gasteiger partial charge on any atom is 0.164 e. The molecule has 260 valence electrons. The first-order chi connectivity index (χ1) is 27.8. The highest BCUT2D eigenvalue weighted by atomic mass is 16.3. The fraction of sp³-hybridized carbons (Fsp3) is 0.0192. The van der Waals surface area contributed by atoms with Crippen molar-refractivity contribution < 1.29 is 4.42 Å². The molecule has 0 saturated carbocycles. The van der Waals surface area contributed by atoms with Crippen molar-refractivity contribution in [3.63, 3.8) is 0 Å². The molecule has 10 aromatic rings. The standard InChI is InChI=1S/C52H31N3O/c1-3-14-32(15-4-1)49-53-50(33-16-5-2-6-17-33)55-51(54-49)36-19-13-18-34(30-36)35-26-27-41-45(31-35)52(42-23-10-7-20-37(42)38-21-8-11-24-43(38)52)44-29-28-40-39-22-9-12-25-46(39)56-48(40)47(41)44/h1-31H. The number of benzene rings is 8. The molecule has 2 heterocycles. The lowest BCUT2D eigenvalue weighted by molar-refractivity contribution is 0.669. The molecule has 0 aliphatic heterocycles. The average molecular weight is 714 g/mol. The Hall–Kier alpha value is -7.43. The summed E-state index contributed by atoms with van der Waals surface area (Å²) in [6.45, 7) is 0. The van der Waals surface area contributed by atoms with Crippen LogP contribution in [0, 0.1) is 0 Å². The summed E-state index contributed by atoms with van der Waals surface area (Å²) in [5.41, 5.74) is 16.4. The summed E-state index contributed by atoms with van der Waals surface area (Å²) in [4.78, 5) is 15.0. The Morgan fingerprint density at radius 1 is 0.339 bits per heavy atom. The van der Waals surface area contributed by atoms with Gasteiger partial charge in [0.25, 0.3) is 0 Å². The molecule has 0 unspecified atom stereocenters. The van der Waals surface area contributed by atoms with Gasteiger partial charge >= 0.3 is 0 Å². The van der Waals surface area contributed by atoms with Crippen molar-refractivity contribution >= 4 is 21.9 Å². The van der Waals surface area contributed by atoms with E-state index in [0.717, 1.165) is 49.8 Å². The summed E-state index contributed by atoms with van der Waals surface area (Å²) in [5.74, 6) is 1.93. The minimum absolute atomic E-state index is 0.512. The van der Waals surface area contributed by atoms with Gasteiger partial charge in [0.05, 0.1) is 5.41 Å². The number of para-hydroxylation sites is 1. The fourth-order valence-electron chi connectivity index (χ4n) is 9.36. The summed E-state index contributed by atoms with van der Waals surface area (Å²) in [6, 6.07) is 66.7. The van der Waals surface area contributed by atoms with Gasteiger partial charge in [0.2, 0.25) is 0 Å². The number of hydrogen-bond acceptors (Lipinski definition) is 4. The molecule has 1 spiro atoms. The minimum atomic E-state index is -0.512. The van der Waals surface area contributed by atoms with Crippen LogP contribution in [0.4, 0.5) is 0 Å². The van der Waals surface area contributed by atoms with Crippen LogP contribution in [0.2, 0.25) is 0 Å². The second-order valence-corrected chi connectivity index (χ2v) is 14.7. The zero-order valence-electron chi connectivity index (χ0n) is 30.1. The molecule has 0 radical (unpaired) electrons. The summed E-state index contributed by atoms with van der Waals surface area (Å²) < 4.78 is 6.77. The number of aromatic nitrogens is 3. The zero-order chi connectivity index (χ0) is 36.8. The molecule has 2 aromatic heterocycles. The van der Waals surface area contributed by atoms with Crippen molar-refractivity contribution in [3.8, 4) is 67.5 Å². The van der Waals surface area contributed by atoms with Gasteiger partial charge in [-0.05, 0) is 68.3 Å². The first-order valence-corrected chi connectivity index (χ1v) is 19.0. The Balaban J connectivity index is 1.08. The normalized spacial score (nSPS) is 13.1. The van der Waals surface area contributed by atoms with Crippen LogP contribution in [0.15, 0.2) is 192 Å². The van der Waals surface area contributed by atoms with Crippen LogP contribution in [0.1, 0.15) is 22.3 Å². The first-order valence-electron chi connectivity index (χ1n) is 19.0. The lowest BCUT2D eigenvalue weighted by Gasteiger charge is -2.30. The summed E-state index contributed by atoms with van der Waals surface area (Å²) in [5, 5.41) is 2.28. The highest BCUT2D eigenvalue weighted by Crippen LogP contribution is 2.64. The van der Waals surface area contributed by atoms with E-state index in [1.54, 1.807) is 0 Å². The van der Waals surface area contributed by atoms with Gasteiger partial charge in [-0.15, -0.1) is 0 Å². The SMILES string of the molecule is c1ccc(-c2nc(-c3ccccc3)nc(-c3cccc(-c4ccc5c(c4)C4(c6ccccc6-c6ccccc64)c4ccc6c(oc7ccccc76)c4-5)c3)n2)cc1. The molecule has 2 aliphatic rings. The number of nitrogens with zero attached hydrogens (tertiary/aromatic N) is 3. The van der Waals surface area contributed by atoms with Gasteiger partial charge in [-0.3, -0.25) is 0 Å². The topological polar surface area (TPSA) is 51.8 Å². The lowest BCUT2D eigenvalue weighted by atomic mass is 9.70. The number of hydrogen-bond donors (Lipinski definition) is 0. The van der Waals surface area contributed by atoms with Crippen molar-refractivity contribution in [2.24, 2.45) is 0 Å². The highest BCUT2D eigenvalue weighted by molar-refractivity contribution is 6.13. The van der Waals surface area contributed by atoms with Crippen LogP contribution < -0.4 is 0 Å². The quantitative estimate of drug-likeness (QED) is 0.182. The number of rotatable bonds is 4. The molecule has 0 fully saturated rings. The zero-order valence-corrected chi connectivity index (χ0v) is 30.1. The van der Waals surface area contributed by atoms with E-state index in [9.17, 15) is 0 Å².